The predicted molar refractivity (Wildman–Crippen MR) is 37.7 cm³/mol. The Bertz CT molecular complexity index is 116. The first-order valence-corrected chi connectivity index (χ1v) is 3.63. The zero-order valence-corrected chi connectivity index (χ0v) is 5.99. The Kier molecular flexibility index (Phi) is 2.83. The maximum atomic E-state index is 10.1. The molecule has 58 valence electrons. The van der Waals surface area contributed by atoms with E-state index < -0.39 is 0 Å². The minimum Gasteiger partial charge on any atom is -0.396 e. The van der Waals surface area contributed by atoms with Gasteiger partial charge in [-0.2, -0.15) is 0 Å². The van der Waals surface area contributed by atoms with Crippen LogP contribution in [0.4, 0.5) is 0 Å². The predicted octanol–water partition coefficient (Wildman–Crippen LogP) is -0.500. The molecule has 0 radical (unpaired) electrons. The van der Waals surface area contributed by atoms with Crippen molar-refractivity contribution in [1.82, 2.24) is 4.90 Å². The van der Waals surface area contributed by atoms with Crippen LogP contribution in [-0.2, 0) is 4.79 Å². The molecule has 0 bridgehead atoms. The first-order chi connectivity index (χ1) is 4.86. The molecule has 1 saturated heterocycles. The fourth-order valence-electron chi connectivity index (χ4n) is 1.33. The maximum absolute atomic E-state index is 10.1. The molecule has 0 aromatic carbocycles. The summed E-state index contributed by atoms with van der Waals surface area (Å²) in [4.78, 5) is 12.1. The molecule has 1 fully saturated rings. The summed E-state index contributed by atoms with van der Waals surface area (Å²) >= 11 is 0. The van der Waals surface area contributed by atoms with Crippen molar-refractivity contribution >= 4 is 6.29 Å². The van der Waals surface area contributed by atoms with E-state index >= 15 is 0 Å². The Hall–Kier alpha value is -0.410. The largest absolute Gasteiger partial charge is 0.396 e. The number of hydrogen-bond acceptors (Lipinski definition) is 3. The highest BCUT2D eigenvalue weighted by Gasteiger charge is 2.20. The number of hydrogen-bond donors (Lipinski definition) is 1. The zero-order chi connectivity index (χ0) is 7.40. The van der Waals surface area contributed by atoms with E-state index in [0.29, 0.717) is 12.5 Å². The van der Waals surface area contributed by atoms with Gasteiger partial charge in [0.05, 0.1) is 6.54 Å². The van der Waals surface area contributed by atoms with Crippen LogP contribution in [0, 0.1) is 5.92 Å². The Morgan fingerprint density at radius 2 is 2.50 bits per heavy atom. The summed E-state index contributed by atoms with van der Waals surface area (Å²) in [5.41, 5.74) is 0. The van der Waals surface area contributed by atoms with Gasteiger partial charge in [0.15, 0.2) is 0 Å². The highest BCUT2D eigenvalue weighted by Crippen LogP contribution is 2.13. The number of carbonyl (C=O) groups is 1. The first-order valence-electron chi connectivity index (χ1n) is 3.63. The molecule has 0 aromatic heterocycles. The van der Waals surface area contributed by atoms with Crippen molar-refractivity contribution in [2.24, 2.45) is 5.92 Å². The van der Waals surface area contributed by atoms with Gasteiger partial charge in [-0.25, -0.2) is 0 Å². The van der Waals surface area contributed by atoms with E-state index in [-0.39, 0.29) is 6.61 Å². The smallest absolute Gasteiger partial charge is 0.133 e. The normalized spacial score (nSPS) is 27.1. The molecular formula is C7H13NO2. The Labute approximate surface area is 60.6 Å². The van der Waals surface area contributed by atoms with Crippen LogP contribution in [0.5, 0.6) is 0 Å². The quantitative estimate of drug-likeness (QED) is 0.541. The topological polar surface area (TPSA) is 40.5 Å². The van der Waals surface area contributed by atoms with E-state index in [9.17, 15) is 4.79 Å². The highest BCUT2D eigenvalue weighted by molar-refractivity contribution is 5.52. The molecule has 1 N–H and O–H groups in total. The lowest BCUT2D eigenvalue weighted by atomic mass is 10.1. The summed E-state index contributed by atoms with van der Waals surface area (Å²) in [6, 6.07) is 0. The van der Waals surface area contributed by atoms with E-state index in [1.54, 1.807) is 0 Å². The van der Waals surface area contributed by atoms with Crippen molar-refractivity contribution in [1.29, 1.82) is 0 Å². The van der Waals surface area contributed by atoms with Gasteiger partial charge in [-0.15, -0.1) is 0 Å². The zero-order valence-electron chi connectivity index (χ0n) is 5.99. The SMILES string of the molecule is O=CCN1CC[C@@H](CO)C1. The van der Waals surface area contributed by atoms with Gasteiger partial charge >= 0.3 is 0 Å². The first kappa shape index (κ1) is 7.69. The van der Waals surface area contributed by atoms with Crippen LogP contribution < -0.4 is 0 Å². The lowest BCUT2D eigenvalue weighted by Gasteiger charge is -2.09. The van der Waals surface area contributed by atoms with Crippen molar-refractivity contribution in [3.63, 3.8) is 0 Å². The average Bonchev–Trinajstić information content (AvgIpc) is 2.37. The fourth-order valence-corrected chi connectivity index (χ4v) is 1.33. The van der Waals surface area contributed by atoms with Gasteiger partial charge in [0.2, 0.25) is 0 Å². The monoisotopic (exact) mass is 143 g/mol. The molecule has 1 aliphatic heterocycles. The van der Waals surface area contributed by atoms with Gasteiger partial charge < -0.3 is 9.90 Å². The summed E-state index contributed by atoms with van der Waals surface area (Å²) in [5.74, 6) is 0.403. The van der Waals surface area contributed by atoms with Crippen molar-refractivity contribution in [3.8, 4) is 0 Å². The van der Waals surface area contributed by atoms with Crippen molar-refractivity contribution in [3.05, 3.63) is 0 Å². The maximum Gasteiger partial charge on any atom is 0.133 e. The average molecular weight is 143 g/mol. The molecule has 0 aliphatic carbocycles. The van der Waals surface area contributed by atoms with E-state index in [2.05, 4.69) is 4.90 Å². The van der Waals surface area contributed by atoms with Gasteiger partial charge in [0.25, 0.3) is 0 Å². The Morgan fingerprint density at radius 1 is 1.70 bits per heavy atom. The van der Waals surface area contributed by atoms with Crippen molar-refractivity contribution < 1.29 is 9.90 Å². The van der Waals surface area contributed by atoms with E-state index in [4.69, 9.17) is 5.11 Å². The third-order valence-electron chi connectivity index (χ3n) is 1.96. The molecule has 0 saturated carbocycles. The summed E-state index contributed by atoms with van der Waals surface area (Å²) < 4.78 is 0. The van der Waals surface area contributed by atoms with E-state index in [1.807, 2.05) is 0 Å². The lowest BCUT2D eigenvalue weighted by Crippen LogP contribution is -2.23. The van der Waals surface area contributed by atoms with Crippen LogP contribution in [0.3, 0.4) is 0 Å². The number of nitrogens with zero attached hydrogens (tertiary/aromatic N) is 1. The van der Waals surface area contributed by atoms with Crippen LogP contribution in [0.15, 0.2) is 0 Å². The molecule has 0 amide bonds. The van der Waals surface area contributed by atoms with Gasteiger partial charge in [-0.3, -0.25) is 4.90 Å². The highest BCUT2D eigenvalue weighted by atomic mass is 16.3. The minimum atomic E-state index is 0.259. The number of likely N-dealkylation sites (tertiary alicyclic amines) is 1. The summed E-state index contributed by atoms with van der Waals surface area (Å²) in [5, 5.41) is 8.74. The molecule has 0 aromatic rings. The second-order valence-corrected chi connectivity index (χ2v) is 2.76. The van der Waals surface area contributed by atoms with Crippen LogP contribution in [0.25, 0.3) is 0 Å². The summed E-state index contributed by atoms with van der Waals surface area (Å²) in [6.45, 7) is 2.63. The molecule has 1 rings (SSSR count). The molecule has 3 heteroatoms. The van der Waals surface area contributed by atoms with Gasteiger partial charge in [0.1, 0.15) is 6.29 Å². The van der Waals surface area contributed by atoms with Crippen molar-refractivity contribution in [2.75, 3.05) is 26.2 Å². The number of aldehydes is 1. The van der Waals surface area contributed by atoms with Crippen LogP contribution in [0.1, 0.15) is 6.42 Å². The Morgan fingerprint density at radius 3 is 3.00 bits per heavy atom. The second-order valence-electron chi connectivity index (χ2n) is 2.76. The minimum absolute atomic E-state index is 0.259. The molecule has 3 nitrogen and oxygen atoms in total. The van der Waals surface area contributed by atoms with Gasteiger partial charge in [-0.1, -0.05) is 0 Å². The fraction of sp³-hybridized carbons (Fsp3) is 0.857. The Balaban J connectivity index is 2.21. The summed E-state index contributed by atoms with van der Waals surface area (Å²) in [6.07, 6.45) is 1.95. The van der Waals surface area contributed by atoms with E-state index in [0.717, 1.165) is 25.8 Å². The van der Waals surface area contributed by atoms with Crippen LogP contribution in [-0.4, -0.2) is 42.5 Å². The molecule has 0 spiro atoms. The lowest BCUT2D eigenvalue weighted by molar-refractivity contribution is -0.108. The van der Waals surface area contributed by atoms with Gasteiger partial charge in [-0.05, 0) is 18.9 Å². The third-order valence-corrected chi connectivity index (χ3v) is 1.96. The number of carbonyl (C=O) groups excluding carboxylic acids is 1. The summed E-state index contributed by atoms with van der Waals surface area (Å²) in [7, 11) is 0. The number of aliphatic hydroxyl groups excluding tert-OH is 1. The van der Waals surface area contributed by atoms with Crippen molar-refractivity contribution in [2.45, 2.75) is 6.42 Å². The molecule has 10 heavy (non-hydrogen) atoms. The molecular weight excluding hydrogens is 130 g/mol. The number of aliphatic hydroxyl groups is 1. The molecule has 1 aliphatic rings. The van der Waals surface area contributed by atoms with Crippen LogP contribution in [0.2, 0.25) is 0 Å². The van der Waals surface area contributed by atoms with E-state index in [1.165, 1.54) is 0 Å². The second kappa shape index (κ2) is 3.68. The molecule has 0 unspecified atom stereocenters. The molecule has 1 atom stereocenters. The van der Waals surface area contributed by atoms with Crippen LogP contribution >= 0.6 is 0 Å². The molecule has 1 heterocycles. The van der Waals surface area contributed by atoms with Gasteiger partial charge in [0, 0.05) is 13.2 Å². The standard InChI is InChI=1S/C7H13NO2/c9-4-3-8-2-1-7(5-8)6-10/h4,7,10H,1-3,5-6H2/t7-/m1/s1. The third kappa shape index (κ3) is 1.78. The number of rotatable bonds is 3.